The van der Waals surface area contributed by atoms with Crippen molar-refractivity contribution in [2.24, 2.45) is 69.3 Å². The van der Waals surface area contributed by atoms with Gasteiger partial charge in [0.15, 0.2) is 0 Å². The van der Waals surface area contributed by atoms with Gasteiger partial charge in [0.05, 0.1) is 18.3 Å². The zero-order chi connectivity index (χ0) is 34.4. The van der Waals surface area contributed by atoms with E-state index < -0.39 is 0 Å². The van der Waals surface area contributed by atoms with E-state index in [-0.39, 0.29) is 11.5 Å². The molecule has 48 heavy (non-hydrogen) atoms. The Balaban J connectivity index is 1.46. The molecule has 282 valence electrons. The zero-order valence-electron chi connectivity index (χ0n) is 31.4. The molecule has 0 aromatic rings. The molecule has 0 aliphatic heterocycles. The van der Waals surface area contributed by atoms with Crippen molar-refractivity contribution in [3.8, 4) is 0 Å². The standard InChI is InChI=1S/C39H78N6O3/c1-29(10-4-19-44-21-9-22-45-20-5-15-40)32-11-12-33-37-34(28-36(39(32,33)3)48-25-8-18-43)38(2)14-13-31(46-23-6-16-41)26-30(38)27-35(37)47-24-7-17-42/h29-37,44-45H,4-28,40-43H2,1-3H3/t29-,30?,31-,32?,33+,34+,35-,36+,37?,38+,39-/m1/s1. The predicted octanol–water partition coefficient (Wildman–Crippen LogP) is 4.40. The lowest BCUT2D eigenvalue weighted by molar-refractivity contribution is -0.227. The van der Waals surface area contributed by atoms with Crippen LogP contribution in [0.5, 0.6) is 0 Å². The third-order valence-corrected chi connectivity index (χ3v) is 13.8. The molecular formula is C39H78N6O3. The Morgan fingerprint density at radius 2 is 1.29 bits per heavy atom. The molecule has 9 heteroatoms. The first kappa shape index (κ1) is 40.4. The van der Waals surface area contributed by atoms with Gasteiger partial charge in [-0.3, -0.25) is 0 Å². The fraction of sp³-hybridized carbons (Fsp3) is 1.00. The molecule has 10 N–H and O–H groups in total. The molecule has 0 heterocycles. The largest absolute Gasteiger partial charge is 0.378 e. The van der Waals surface area contributed by atoms with E-state index in [1.54, 1.807) is 0 Å². The zero-order valence-corrected chi connectivity index (χ0v) is 31.4. The van der Waals surface area contributed by atoms with Gasteiger partial charge in [0.1, 0.15) is 0 Å². The summed E-state index contributed by atoms with van der Waals surface area (Å²) in [7, 11) is 0. The average molecular weight is 679 g/mol. The first-order valence-electron chi connectivity index (χ1n) is 20.4. The average Bonchev–Trinajstić information content (AvgIpc) is 3.44. The highest BCUT2D eigenvalue weighted by atomic mass is 16.5. The van der Waals surface area contributed by atoms with Crippen molar-refractivity contribution in [2.75, 3.05) is 72.2 Å². The van der Waals surface area contributed by atoms with Gasteiger partial charge in [-0.15, -0.1) is 0 Å². The van der Waals surface area contributed by atoms with E-state index >= 15 is 0 Å². The first-order valence-corrected chi connectivity index (χ1v) is 20.4. The minimum Gasteiger partial charge on any atom is -0.378 e. The number of ether oxygens (including phenoxy) is 3. The molecule has 0 radical (unpaired) electrons. The van der Waals surface area contributed by atoms with Gasteiger partial charge in [0.2, 0.25) is 0 Å². The Morgan fingerprint density at radius 3 is 1.98 bits per heavy atom. The number of nitrogens with two attached hydrogens (primary N) is 4. The van der Waals surface area contributed by atoms with Crippen LogP contribution in [0.1, 0.15) is 111 Å². The van der Waals surface area contributed by atoms with E-state index in [2.05, 4.69) is 31.4 Å². The van der Waals surface area contributed by atoms with Crippen LogP contribution < -0.4 is 33.6 Å². The maximum atomic E-state index is 7.02. The highest BCUT2D eigenvalue weighted by Crippen LogP contribution is 2.69. The van der Waals surface area contributed by atoms with Crippen molar-refractivity contribution < 1.29 is 14.2 Å². The lowest BCUT2D eigenvalue weighted by Gasteiger charge is -2.65. The third kappa shape index (κ3) is 9.94. The second-order valence-electron chi connectivity index (χ2n) is 16.6. The molecule has 3 unspecified atom stereocenters. The summed E-state index contributed by atoms with van der Waals surface area (Å²) in [6.45, 7) is 17.3. The van der Waals surface area contributed by atoms with Crippen molar-refractivity contribution in [3.05, 3.63) is 0 Å². The number of fused-ring (bicyclic) bond motifs is 5. The van der Waals surface area contributed by atoms with Crippen LogP contribution in [-0.2, 0) is 14.2 Å². The van der Waals surface area contributed by atoms with Crippen LogP contribution in [0.4, 0.5) is 0 Å². The molecule has 0 aromatic carbocycles. The second kappa shape index (κ2) is 20.6. The monoisotopic (exact) mass is 679 g/mol. The van der Waals surface area contributed by atoms with E-state index in [9.17, 15) is 0 Å². The summed E-state index contributed by atoms with van der Waals surface area (Å²) in [6, 6.07) is 0. The molecule has 0 spiro atoms. The quantitative estimate of drug-likeness (QED) is 0.0815. The lowest BCUT2D eigenvalue weighted by atomic mass is 9.43. The summed E-state index contributed by atoms with van der Waals surface area (Å²) in [5.74, 6) is 3.83. The van der Waals surface area contributed by atoms with Gasteiger partial charge < -0.3 is 47.8 Å². The molecule has 0 saturated heterocycles. The summed E-state index contributed by atoms with van der Waals surface area (Å²) in [6.07, 6.45) is 17.0. The molecule has 0 bridgehead atoms. The van der Waals surface area contributed by atoms with E-state index in [1.165, 1.54) is 51.4 Å². The Kier molecular flexibility index (Phi) is 17.4. The number of hydrogen-bond donors (Lipinski definition) is 6. The highest BCUT2D eigenvalue weighted by Gasteiger charge is 2.66. The van der Waals surface area contributed by atoms with Crippen molar-refractivity contribution >= 4 is 0 Å². The van der Waals surface area contributed by atoms with Gasteiger partial charge in [-0.25, -0.2) is 0 Å². The lowest BCUT2D eigenvalue weighted by Crippen LogP contribution is -2.63. The van der Waals surface area contributed by atoms with E-state index in [4.69, 9.17) is 37.1 Å². The van der Waals surface area contributed by atoms with Gasteiger partial charge >= 0.3 is 0 Å². The van der Waals surface area contributed by atoms with E-state index in [0.717, 1.165) is 91.1 Å². The molecule has 4 aliphatic rings. The van der Waals surface area contributed by atoms with Crippen LogP contribution >= 0.6 is 0 Å². The Bertz CT molecular complexity index is 885. The minimum atomic E-state index is 0.166. The molecule has 4 aliphatic carbocycles. The topological polar surface area (TPSA) is 156 Å². The summed E-state index contributed by atoms with van der Waals surface area (Å²) in [5, 5.41) is 7.19. The summed E-state index contributed by atoms with van der Waals surface area (Å²) in [5.41, 5.74) is 23.8. The molecule has 11 atom stereocenters. The van der Waals surface area contributed by atoms with E-state index in [0.29, 0.717) is 72.8 Å². The van der Waals surface area contributed by atoms with Crippen molar-refractivity contribution in [3.63, 3.8) is 0 Å². The number of rotatable bonds is 24. The van der Waals surface area contributed by atoms with Crippen molar-refractivity contribution in [1.29, 1.82) is 0 Å². The smallest absolute Gasteiger partial charge is 0.0637 e. The third-order valence-electron chi connectivity index (χ3n) is 13.8. The van der Waals surface area contributed by atoms with Crippen molar-refractivity contribution in [1.82, 2.24) is 10.6 Å². The molecular weight excluding hydrogens is 600 g/mol. The SMILES string of the molecule is C[C@H](CCCNCCCNCCCN)C1CC[C@H]2C3[C@H](OCCCN)CC4C[C@H](OCCCN)CC[C@]4(C)[C@H]3C[C@H](OCCCN)[C@]12C. The van der Waals surface area contributed by atoms with Gasteiger partial charge in [0.25, 0.3) is 0 Å². The van der Waals surface area contributed by atoms with Crippen molar-refractivity contribution in [2.45, 2.75) is 129 Å². The van der Waals surface area contributed by atoms with Crippen LogP contribution in [0, 0.1) is 46.3 Å². The molecule has 0 aromatic heterocycles. The first-order chi connectivity index (χ1) is 23.3. The van der Waals surface area contributed by atoms with Crippen LogP contribution in [0.25, 0.3) is 0 Å². The highest BCUT2D eigenvalue weighted by molar-refractivity contribution is 5.15. The minimum absolute atomic E-state index is 0.166. The molecule has 4 rings (SSSR count). The van der Waals surface area contributed by atoms with Gasteiger partial charge in [0, 0.05) is 25.2 Å². The predicted molar refractivity (Wildman–Crippen MR) is 199 cm³/mol. The maximum absolute atomic E-state index is 7.02. The van der Waals surface area contributed by atoms with Crippen LogP contribution in [0.3, 0.4) is 0 Å². The van der Waals surface area contributed by atoms with Gasteiger partial charge in [-0.2, -0.15) is 0 Å². The fourth-order valence-electron chi connectivity index (χ4n) is 11.2. The number of hydrogen-bond acceptors (Lipinski definition) is 9. The summed E-state index contributed by atoms with van der Waals surface area (Å²) >= 11 is 0. The normalized spacial score (nSPS) is 36.8. The fourth-order valence-corrected chi connectivity index (χ4v) is 11.2. The van der Waals surface area contributed by atoms with Gasteiger partial charge in [-0.05, 0) is 183 Å². The van der Waals surface area contributed by atoms with Crippen LogP contribution in [-0.4, -0.2) is 90.5 Å². The Morgan fingerprint density at radius 1 is 0.667 bits per heavy atom. The summed E-state index contributed by atoms with van der Waals surface area (Å²) < 4.78 is 20.3. The van der Waals surface area contributed by atoms with E-state index in [1.807, 2.05) is 0 Å². The Labute approximate surface area is 294 Å². The Hall–Kier alpha value is -0.360. The molecule has 4 fully saturated rings. The number of nitrogens with one attached hydrogen (secondary N) is 2. The summed E-state index contributed by atoms with van der Waals surface area (Å²) in [4.78, 5) is 0. The molecule has 4 saturated carbocycles. The van der Waals surface area contributed by atoms with Crippen LogP contribution in [0.15, 0.2) is 0 Å². The molecule has 9 nitrogen and oxygen atoms in total. The second-order valence-corrected chi connectivity index (χ2v) is 16.6. The van der Waals surface area contributed by atoms with Gasteiger partial charge in [-0.1, -0.05) is 20.8 Å². The molecule has 0 amide bonds. The maximum Gasteiger partial charge on any atom is 0.0637 e. The van der Waals surface area contributed by atoms with Crippen LogP contribution in [0.2, 0.25) is 0 Å².